The van der Waals surface area contributed by atoms with Crippen LogP contribution in [0, 0.1) is 0 Å². The number of aliphatic imine (C=N–C) groups is 1. The van der Waals surface area contributed by atoms with Gasteiger partial charge in [-0.25, -0.2) is 4.99 Å². The van der Waals surface area contributed by atoms with Crippen LogP contribution >= 0.6 is 0 Å². The summed E-state index contributed by atoms with van der Waals surface area (Å²) in [5.41, 5.74) is 4.58. The van der Waals surface area contributed by atoms with E-state index in [1.807, 2.05) is 36.4 Å². The predicted molar refractivity (Wildman–Crippen MR) is 89.1 cm³/mol. The number of carbonyl (C=O) groups excluding carboxylic acids is 2. The number of benzene rings is 1. The van der Waals surface area contributed by atoms with E-state index in [-0.39, 0.29) is 17.3 Å². The van der Waals surface area contributed by atoms with Crippen LogP contribution in [0.5, 0.6) is 0 Å². The maximum atomic E-state index is 11.9. The molecule has 112 valence electrons. The molecule has 0 amide bonds. The van der Waals surface area contributed by atoms with Crippen molar-refractivity contribution in [1.82, 2.24) is 0 Å². The number of nitrogens with one attached hydrogen (secondary N) is 2. The van der Waals surface area contributed by atoms with Crippen molar-refractivity contribution >= 4 is 28.7 Å². The molecule has 1 aromatic rings. The lowest BCUT2D eigenvalue weighted by atomic mass is 10.0. The summed E-state index contributed by atoms with van der Waals surface area (Å²) < 4.78 is 0. The zero-order valence-corrected chi connectivity index (χ0v) is 12.2. The summed E-state index contributed by atoms with van der Waals surface area (Å²) in [6.45, 7) is 0. The van der Waals surface area contributed by atoms with Crippen LogP contribution < -0.4 is 10.6 Å². The van der Waals surface area contributed by atoms with Gasteiger partial charge in [0.05, 0.1) is 22.8 Å². The number of ketones is 2. The summed E-state index contributed by atoms with van der Waals surface area (Å²) in [5.74, 6) is -0.486. The monoisotopic (exact) mass is 303 g/mol. The molecular formula is C18H13N3O2. The first-order valence-corrected chi connectivity index (χ1v) is 7.30. The number of fused-ring (bicyclic) bond motifs is 1. The van der Waals surface area contributed by atoms with Gasteiger partial charge in [0.1, 0.15) is 5.70 Å². The fourth-order valence-electron chi connectivity index (χ4n) is 2.69. The maximum Gasteiger partial charge on any atom is 0.204 e. The fourth-order valence-corrected chi connectivity index (χ4v) is 2.69. The molecule has 23 heavy (non-hydrogen) atoms. The normalized spacial score (nSPS) is 20.7. The Balaban J connectivity index is 1.73. The molecule has 1 heterocycles. The van der Waals surface area contributed by atoms with Gasteiger partial charge in [0.2, 0.25) is 5.78 Å². The highest BCUT2D eigenvalue weighted by atomic mass is 16.1. The number of para-hydroxylation sites is 2. The van der Waals surface area contributed by atoms with Gasteiger partial charge in [-0.15, -0.1) is 0 Å². The SMILES string of the molecule is O=C1C=CC(=O)C(N=C2C=CCC3=C2Nc2ccccc2N3)=C1. The van der Waals surface area contributed by atoms with E-state index in [1.54, 1.807) is 0 Å². The Morgan fingerprint density at radius 2 is 1.74 bits per heavy atom. The van der Waals surface area contributed by atoms with Crippen LogP contribution in [0.15, 0.2) is 76.7 Å². The molecule has 0 fully saturated rings. The van der Waals surface area contributed by atoms with Gasteiger partial charge >= 0.3 is 0 Å². The van der Waals surface area contributed by atoms with Crippen LogP contribution in [0.1, 0.15) is 6.42 Å². The largest absolute Gasteiger partial charge is 0.355 e. The highest BCUT2D eigenvalue weighted by molar-refractivity contribution is 6.20. The lowest BCUT2D eigenvalue weighted by Gasteiger charge is -2.28. The second-order valence-electron chi connectivity index (χ2n) is 5.38. The Kier molecular flexibility index (Phi) is 3.05. The van der Waals surface area contributed by atoms with Crippen molar-refractivity contribution in [3.63, 3.8) is 0 Å². The Labute approximate surface area is 132 Å². The van der Waals surface area contributed by atoms with Crippen LogP contribution in [-0.2, 0) is 9.59 Å². The van der Waals surface area contributed by atoms with Gasteiger partial charge in [-0.05, 0) is 30.4 Å². The molecule has 0 saturated heterocycles. The molecule has 3 aliphatic rings. The first-order valence-electron chi connectivity index (χ1n) is 7.30. The predicted octanol–water partition coefficient (Wildman–Crippen LogP) is 2.73. The number of carbonyl (C=O) groups is 2. The van der Waals surface area contributed by atoms with Crippen LogP contribution in [0.2, 0.25) is 0 Å². The van der Waals surface area contributed by atoms with E-state index in [0.29, 0.717) is 5.71 Å². The zero-order valence-electron chi connectivity index (χ0n) is 12.2. The van der Waals surface area contributed by atoms with Gasteiger partial charge in [0, 0.05) is 18.2 Å². The molecule has 0 unspecified atom stereocenters. The van der Waals surface area contributed by atoms with Crippen LogP contribution in [-0.4, -0.2) is 17.3 Å². The topological polar surface area (TPSA) is 70.6 Å². The minimum absolute atomic E-state index is 0.159. The molecule has 2 N–H and O–H groups in total. The summed E-state index contributed by atoms with van der Waals surface area (Å²) in [6, 6.07) is 7.89. The molecule has 2 aliphatic carbocycles. The molecule has 5 nitrogen and oxygen atoms in total. The first kappa shape index (κ1) is 13.5. The van der Waals surface area contributed by atoms with E-state index >= 15 is 0 Å². The van der Waals surface area contributed by atoms with E-state index in [0.717, 1.165) is 29.2 Å². The van der Waals surface area contributed by atoms with E-state index in [9.17, 15) is 9.59 Å². The van der Waals surface area contributed by atoms with Crippen molar-refractivity contribution in [3.8, 4) is 0 Å². The third-order valence-electron chi connectivity index (χ3n) is 3.80. The van der Waals surface area contributed by atoms with Crippen molar-refractivity contribution in [2.24, 2.45) is 4.99 Å². The summed E-state index contributed by atoms with van der Waals surface area (Å²) in [7, 11) is 0. The molecule has 0 bridgehead atoms. The smallest absolute Gasteiger partial charge is 0.204 e. The number of allylic oxidation sites excluding steroid dienone is 5. The Hall–Kier alpha value is -3.21. The van der Waals surface area contributed by atoms with Gasteiger partial charge in [-0.1, -0.05) is 18.2 Å². The molecule has 5 heteroatoms. The molecule has 0 saturated carbocycles. The van der Waals surface area contributed by atoms with Crippen molar-refractivity contribution in [2.45, 2.75) is 6.42 Å². The van der Waals surface area contributed by atoms with Crippen molar-refractivity contribution < 1.29 is 9.59 Å². The minimum atomic E-state index is -0.262. The van der Waals surface area contributed by atoms with E-state index in [2.05, 4.69) is 15.6 Å². The maximum absolute atomic E-state index is 11.9. The van der Waals surface area contributed by atoms with E-state index in [1.165, 1.54) is 18.2 Å². The second-order valence-corrected chi connectivity index (χ2v) is 5.38. The molecule has 0 spiro atoms. The molecular weight excluding hydrogens is 290 g/mol. The van der Waals surface area contributed by atoms with E-state index < -0.39 is 0 Å². The molecule has 1 aromatic carbocycles. The van der Waals surface area contributed by atoms with Gasteiger partial charge in [0.25, 0.3) is 0 Å². The average molecular weight is 303 g/mol. The van der Waals surface area contributed by atoms with Gasteiger partial charge in [-0.3, -0.25) is 9.59 Å². The zero-order chi connectivity index (χ0) is 15.8. The molecule has 0 aromatic heterocycles. The molecule has 1 aliphatic heterocycles. The number of hydrogen-bond donors (Lipinski definition) is 2. The fraction of sp³-hybridized carbons (Fsp3) is 0.0556. The highest BCUT2D eigenvalue weighted by Crippen LogP contribution is 2.33. The van der Waals surface area contributed by atoms with Gasteiger partial charge < -0.3 is 10.6 Å². The Bertz CT molecular complexity index is 885. The third kappa shape index (κ3) is 2.42. The number of hydrogen-bond acceptors (Lipinski definition) is 5. The minimum Gasteiger partial charge on any atom is -0.355 e. The number of nitrogens with zero attached hydrogens (tertiary/aromatic N) is 1. The summed E-state index contributed by atoms with van der Waals surface area (Å²) in [4.78, 5) is 27.7. The van der Waals surface area contributed by atoms with Gasteiger partial charge in [-0.2, -0.15) is 0 Å². The van der Waals surface area contributed by atoms with Crippen LogP contribution in [0.4, 0.5) is 11.4 Å². The summed E-state index contributed by atoms with van der Waals surface area (Å²) >= 11 is 0. The third-order valence-corrected chi connectivity index (χ3v) is 3.80. The standard InChI is InChI=1S/C18H13N3O2/c22-11-8-9-17(23)16(10-11)20-15-7-3-6-14-18(15)21-13-5-2-1-4-12(13)19-14/h1-5,7-10,19,21H,6H2. The summed E-state index contributed by atoms with van der Waals surface area (Å²) in [5, 5.41) is 6.74. The Morgan fingerprint density at radius 1 is 0.957 bits per heavy atom. The van der Waals surface area contributed by atoms with Crippen molar-refractivity contribution in [2.75, 3.05) is 10.6 Å². The molecule has 0 atom stereocenters. The molecule has 4 rings (SSSR count). The van der Waals surface area contributed by atoms with Crippen LogP contribution in [0.3, 0.4) is 0 Å². The quantitative estimate of drug-likeness (QED) is 0.783. The Morgan fingerprint density at radius 3 is 2.57 bits per heavy atom. The second kappa shape index (κ2) is 5.21. The van der Waals surface area contributed by atoms with Crippen molar-refractivity contribution in [3.05, 3.63) is 71.7 Å². The lowest BCUT2D eigenvalue weighted by molar-refractivity contribution is -0.114. The van der Waals surface area contributed by atoms with Gasteiger partial charge in [0.15, 0.2) is 5.78 Å². The first-order chi connectivity index (χ1) is 11.2. The number of rotatable bonds is 1. The molecule has 0 radical (unpaired) electrons. The van der Waals surface area contributed by atoms with Crippen molar-refractivity contribution in [1.29, 1.82) is 0 Å². The summed E-state index contributed by atoms with van der Waals surface area (Å²) in [6.07, 6.45) is 8.36. The van der Waals surface area contributed by atoms with Crippen LogP contribution in [0.25, 0.3) is 0 Å². The lowest BCUT2D eigenvalue weighted by Crippen LogP contribution is -2.24. The highest BCUT2D eigenvalue weighted by Gasteiger charge is 2.23. The average Bonchev–Trinajstić information content (AvgIpc) is 2.57. The number of anilines is 2. The van der Waals surface area contributed by atoms with E-state index in [4.69, 9.17) is 0 Å².